The predicted molar refractivity (Wildman–Crippen MR) is 157 cm³/mol. The van der Waals surface area contributed by atoms with Gasteiger partial charge < -0.3 is 29.0 Å². The summed E-state index contributed by atoms with van der Waals surface area (Å²) in [5.41, 5.74) is 4.91. The molecule has 1 aliphatic carbocycles. The van der Waals surface area contributed by atoms with Crippen LogP contribution in [0, 0.1) is 5.92 Å². The van der Waals surface area contributed by atoms with E-state index in [0.717, 1.165) is 54.5 Å². The summed E-state index contributed by atoms with van der Waals surface area (Å²) >= 11 is 6.57. The first kappa shape index (κ1) is 29.4. The van der Waals surface area contributed by atoms with Crippen LogP contribution in [0.3, 0.4) is 0 Å². The normalized spacial score (nSPS) is 21.0. The Bertz CT molecular complexity index is 1290. The van der Waals surface area contributed by atoms with Crippen LogP contribution in [0.2, 0.25) is 5.02 Å². The summed E-state index contributed by atoms with van der Waals surface area (Å²) in [7, 11) is 3.41. The minimum absolute atomic E-state index is 0.0524. The van der Waals surface area contributed by atoms with Crippen LogP contribution in [0.5, 0.6) is 0 Å². The number of aryl methyl sites for hydroxylation is 1. The maximum atomic E-state index is 12.9. The van der Waals surface area contributed by atoms with E-state index in [0.29, 0.717) is 37.2 Å². The van der Waals surface area contributed by atoms with Crippen LogP contribution < -0.4 is 5.32 Å². The van der Waals surface area contributed by atoms with Gasteiger partial charge in [0.25, 0.3) is 0 Å². The van der Waals surface area contributed by atoms with E-state index in [1.807, 2.05) is 28.6 Å². The number of hydrogen-bond acceptors (Lipinski definition) is 6. The summed E-state index contributed by atoms with van der Waals surface area (Å²) in [6.07, 6.45) is 9.32. The highest BCUT2D eigenvalue weighted by Crippen LogP contribution is 2.46. The Kier molecular flexibility index (Phi) is 9.47. The van der Waals surface area contributed by atoms with Crippen molar-refractivity contribution in [3.63, 3.8) is 0 Å². The number of carbonyl (C=O) groups is 2. The second kappa shape index (κ2) is 13.2. The van der Waals surface area contributed by atoms with Crippen LogP contribution in [0.4, 0.5) is 4.79 Å². The van der Waals surface area contributed by atoms with Gasteiger partial charge in [0.2, 0.25) is 5.91 Å². The number of likely N-dealkylation sites (tertiary alicyclic amines) is 1. The number of piperidine rings is 1. The minimum Gasteiger partial charge on any atom is -0.446 e. The van der Waals surface area contributed by atoms with Crippen molar-refractivity contribution in [1.82, 2.24) is 19.8 Å². The number of amides is 2. The highest BCUT2D eigenvalue weighted by atomic mass is 35.5. The fourth-order valence-corrected chi connectivity index (χ4v) is 6.47. The van der Waals surface area contributed by atoms with Crippen LogP contribution in [0.1, 0.15) is 60.9 Å². The lowest BCUT2D eigenvalue weighted by molar-refractivity contribution is -0.125. The molecule has 0 radical (unpaired) electrons. The lowest BCUT2D eigenvalue weighted by atomic mass is 9.76. The SMILES string of the molecule is C=C1C=C(C(NC(=O)COC)c2cncn2C)c2cc(Cl)ccc2C(C2CCN(C(=O)OC3CCOCC3)CC2)C1. The zero-order valence-corrected chi connectivity index (χ0v) is 24.6. The largest absolute Gasteiger partial charge is 0.446 e. The van der Waals surface area contributed by atoms with E-state index >= 15 is 0 Å². The standard InChI is InChI=1S/C31H39ClN4O5/c1-20-14-25(21-6-10-36(11-7-21)31(38)41-23-8-12-40-13-9-23)24-5-4-22(32)16-26(24)27(15-20)30(34-29(37)18-39-3)28-17-33-19-35(28)2/h4-5,15-17,19,21,23,25,30H,1,6-14,18H2,2-3H3,(H,34,37). The van der Waals surface area contributed by atoms with Crippen LogP contribution in [0.25, 0.3) is 5.57 Å². The van der Waals surface area contributed by atoms with Gasteiger partial charge in [-0.15, -0.1) is 0 Å². The molecule has 1 aromatic carbocycles. The van der Waals surface area contributed by atoms with Gasteiger partial charge in [-0.05, 0) is 59.9 Å². The smallest absolute Gasteiger partial charge is 0.410 e. The first-order valence-corrected chi connectivity index (χ1v) is 14.7. The number of aromatic nitrogens is 2. The van der Waals surface area contributed by atoms with E-state index in [2.05, 4.69) is 29.0 Å². The minimum atomic E-state index is -0.473. The zero-order valence-electron chi connectivity index (χ0n) is 23.8. The first-order chi connectivity index (χ1) is 19.8. The number of imidazole rings is 1. The predicted octanol–water partition coefficient (Wildman–Crippen LogP) is 5.03. The van der Waals surface area contributed by atoms with Crippen molar-refractivity contribution < 1.29 is 23.8 Å². The molecular formula is C31H39ClN4O5. The number of halogens is 1. The summed E-state index contributed by atoms with van der Waals surface area (Å²) in [6, 6.07) is 5.56. The molecule has 0 spiro atoms. The number of ether oxygens (including phenoxy) is 3. The number of benzene rings is 1. The first-order valence-electron chi connectivity index (χ1n) is 14.3. The molecule has 2 aliphatic heterocycles. The van der Waals surface area contributed by atoms with Crippen molar-refractivity contribution in [2.45, 2.75) is 50.2 Å². The van der Waals surface area contributed by atoms with Crippen LogP contribution in [-0.2, 0) is 26.1 Å². The second-order valence-corrected chi connectivity index (χ2v) is 11.6. The fourth-order valence-electron chi connectivity index (χ4n) is 6.30. The number of hydrogen-bond donors (Lipinski definition) is 1. The fraction of sp³-hybridized carbons (Fsp3) is 0.516. The van der Waals surface area contributed by atoms with E-state index < -0.39 is 6.04 Å². The molecule has 220 valence electrons. The molecule has 2 unspecified atom stereocenters. The summed E-state index contributed by atoms with van der Waals surface area (Å²) < 4.78 is 18.2. The Morgan fingerprint density at radius 2 is 1.98 bits per heavy atom. The molecule has 3 heterocycles. The van der Waals surface area contributed by atoms with Crippen LogP contribution >= 0.6 is 11.6 Å². The van der Waals surface area contributed by atoms with Gasteiger partial charge >= 0.3 is 6.09 Å². The molecule has 2 atom stereocenters. The number of nitrogens with zero attached hydrogens (tertiary/aromatic N) is 3. The van der Waals surface area contributed by atoms with Gasteiger partial charge in [-0.1, -0.05) is 35.9 Å². The molecule has 2 saturated heterocycles. The van der Waals surface area contributed by atoms with Gasteiger partial charge in [0.15, 0.2) is 0 Å². The van der Waals surface area contributed by atoms with Crippen molar-refractivity contribution in [3.05, 3.63) is 70.8 Å². The molecule has 0 bridgehead atoms. The molecule has 1 aromatic heterocycles. The zero-order chi connectivity index (χ0) is 28.9. The lowest BCUT2D eigenvalue weighted by Crippen LogP contribution is -2.42. The Morgan fingerprint density at radius 1 is 1.22 bits per heavy atom. The van der Waals surface area contributed by atoms with Gasteiger partial charge in [-0.3, -0.25) is 4.79 Å². The third-order valence-corrected chi connectivity index (χ3v) is 8.65. The molecule has 2 fully saturated rings. The van der Waals surface area contributed by atoms with Crippen molar-refractivity contribution in [1.29, 1.82) is 0 Å². The number of rotatable bonds is 7. The van der Waals surface area contributed by atoms with E-state index in [9.17, 15) is 9.59 Å². The summed E-state index contributed by atoms with van der Waals surface area (Å²) in [5, 5.41) is 3.77. The quantitative estimate of drug-likeness (QED) is 0.492. The van der Waals surface area contributed by atoms with Gasteiger partial charge in [0.05, 0.1) is 37.5 Å². The Labute approximate surface area is 246 Å². The second-order valence-electron chi connectivity index (χ2n) is 11.2. The van der Waals surface area contributed by atoms with Crippen molar-refractivity contribution in [3.8, 4) is 0 Å². The van der Waals surface area contributed by atoms with E-state index in [1.165, 1.54) is 12.7 Å². The van der Waals surface area contributed by atoms with Gasteiger partial charge in [0.1, 0.15) is 12.7 Å². The molecule has 2 amide bonds. The maximum Gasteiger partial charge on any atom is 0.410 e. The van der Waals surface area contributed by atoms with E-state index in [4.69, 9.17) is 25.8 Å². The number of nitrogens with one attached hydrogen (secondary N) is 1. The molecule has 10 heteroatoms. The molecule has 9 nitrogen and oxygen atoms in total. The lowest BCUT2D eigenvalue weighted by Gasteiger charge is -2.37. The average Bonchev–Trinajstić information content (AvgIpc) is 3.33. The third kappa shape index (κ3) is 6.85. The van der Waals surface area contributed by atoms with Crippen molar-refractivity contribution >= 4 is 29.2 Å². The number of allylic oxidation sites excluding steroid dienone is 2. The highest BCUT2D eigenvalue weighted by molar-refractivity contribution is 6.30. The Balaban J connectivity index is 1.39. The van der Waals surface area contributed by atoms with Crippen molar-refractivity contribution in [2.75, 3.05) is 40.0 Å². The van der Waals surface area contributed by atoms with Crippen molar-refractivity contribution in [2.24, 2.45) is 13.0 Å². The molecule has 0 saturated carbocycles. The topological polar surface area (TPSA) is 94.9 Å². The molecule has 3 aliphatic rings. The molecule has 5 rings (SSSR count). The molecule has 41 heavy (non-hydrogen) atoms. The summed E-state index contributed by atoms with van der Waals surface area (Å²) in [5.74, 6) is 0.318. The maximum absolute atomic E-state index is 12.9. The summed E-state index contributed by atoms with van der Waals surface area (Å²) in [4.78, 5) is 31.8. The Morgan fingerprint density at radius 3 is 2.66 bits per heavy atom. The van der Waals surface area contributed by atoms with Gasteiger partial charge in [-0.2, -0.15) is 0 Å². The number of methoxy groups -OCH3 is 1. The molecule has 2 aromatic rings. The van der Waals surface area contributed by atoms with E-state index in [1.54, 1.807) is 12.5 Å². The number of carbonyl (C=O) groups excluding carboxylic acids is 2. The monoisotopic (exact) mass is 582 g/mol. The number of fused-ring (bicyclic) bond motifs is 1. The van der Waals surface area contributed by atoms with Crippen LogP contribution in [-0.4, -0.2) is 72.6 Å². The van der Waals surface area contributed by atoms with E-state index in [-0.39, 0.29) is 30.6 Å². The Hall–Kier alpha value is -3.14. The van der Waals surface area contributed by atoms with Crippen LogP contribution in [0.15, 0.2) is 49.0 Å². The highest BCUT2D eigenvalue weighted by Gasteiger charge is 2.35. The van der Waals surface area contributed by atoms with Gasteiger partial charge in [-0.25, -0.2) is 9.78 Å². The third-order valence-electron chi connectivity index (χ3n) is 8.41. The molecule has 1 N–H and O–H groups in total. The van der Waals surface area contributed by atoms with Gasteiger partial charge in [0, 0.05) is 45.1 Å². The summed E-state index contributed by atoms with van der Waals surface area (Å²) in [6.45, 7) is 6.96. The average molecular weight is 583 g/mol. The molecular weight excluding hydrogens is 544 g/mol.